The number of hydrogen-bond acceptors (Lipinski definition) is 4. The van der Waals surface area contributed by atoms with Crippen LogP contribution in [0, 0.1) is 0 Å². The quantitative estimate of drug-likeness (QED) is 0.771. The van der Waals surface area contributed by atoms with Gasteiger partial charge in [-0.25, -0.2) is 9.97 Å². The van der Waals surface area contributed by atoms with Gasteiger partial charge >= 0.3 is 0 Å². The van der Waals surface area contributed by atoms with Crippen LogP contribution in [-0.4, -0.2) is 29.2 Å². The minimum Gasteiger partial charge on any atom is -0.376 e. The fraction of sp³-hybridized carbons (Fsp3) is 0.714. The summed E-state index contributed by atoms with van der Waals surface area (Å²) in [7, 11) is 1.79. The number of hydrogen-bond donors (Lipinski definition) is 1. The second-order valence-electron chi connectivity index (χ2n) is 4.53. The third-order valence-corrected chi connectivity index (χ3v) is 3.64. The van der Waals surface area contributed by atoms with Gasteiger partial charge in [0.15, 0.2) is 0 Å². The fourth-order valence-corrected chi connectivity index (χ4v) is 2.42. The van der Waals surface area contributed by atoms with Crippen molar-refractivity contribution >= 4 is 0 Å². The van der Waals surface area contributed by atoms with Crippen LogP contribution in [0.15, 0.2) is 18.7 Å². The van der Waals surface area contributed by atoms with E-state index in [1.165, 1.54) is 0 Å². The predicted octanol–water partition coefficient (Wildman–Crippen LogP) is 2.72. The van der Waals surface area contributed by atoms with Gasteiger partial charge in [-0.3, -0.25) is 0 Å². The Labute approximate surface area is 110 Å². The Bertz CT molecular complexity index is 317. The van der Waals surface area contributed by atoms with Crippen molar-refractivity contribution in [3.63, 3.8) is 0 Å². The lowest BCUT2D eigenvalue weighted by Crippen LogP contribution is -2.45. The minimum atomic E-state index is -0.195. The molecule has 0 saturated carbocycles. The van der Waals surface area contributed by atoms with Crippen LogP contribution in [0.3, 0.4) is 0 Å². The second kappa shape index (κ2) is 7.44. The summed E-state index contributed by atoms with van der Waals surface area (Å²) in [6.45, 7) is 7.46. The van der Waals surface area contributed by atoms with E-state index in [4.69, 9.17) is 4.74 Å². The van der Waals surface area contributed by atoms with Crippen LogP contribution in [0.5, 0.6) is 0 Å². The van der Waals surface area contributed by atoms with Crippen molar-refractivity contribution in [2.45, 2.75) is 51.7 Å². The van der Waals surface area contributed by atoms with E-state index in [1.54, 1.807) is 13.4 Å². The van der Waals surface area contributed by atoms with Gasteiger partial charge < -0.3 is 10.1 Å². The molecule has 1 heterocycles. The standard InChI is InChI=1S/C14H25N3O/c1-5-8-17-13(12-9-15-11-16-10-12)14(6-2,7-3)18-4/h9-11,13,17H,5-8H2,1-4H3. The Morgan fingerprint density at radius 3 is 2.28 bits per heavy atom. The largest absolute Gasteiger partial charge is 0.376 e. The maximum absolute atomic E-state index is 5.83. The molecule has 0 saturated heterocycles. The normalized spacial score (nSPS) is 13.6. The molecule has 18 heavy (non-hydrogen) atoms. The van der Waals surface area contributed by atoms with Gasteiger partial charge in [-0.15, -0.1) is 0 Å². The first-order valence-corrected chi connectivity index (χ1v) is 6.77. The van der Waals surface area contributed by atoms with Gasteiger partial charge in [-0.2, -0.15) is 0 Å². The topological polar surface area (TPSA) is 47.0 Å². The van der Waals surface area contributed by atoms with Crippen molar-refractivity contribution in [1.82, 2.24) is 15.3 Å². The lowest BCUT2D eigenvalue weighted by Gasteiger charge is -2.39. The van der Waals surface area contributed by atoms with Gasteiger partial charge in [0, 0.05) is 25.1 Å². The van der Waals surface area contributed by atoms with Crippen molar-refractivity contribution in [1.29, 1.82) is 0 Å². The summed E-state index contributed by atoms with van der Waals surface area (Å²) in [5.74, 6) is 0. The summed E-state index contributed by atoms with van der Waals surface area (Å²) >= 11 is 0. The predicted molar refractivity (Wildman–Crippen MR) is 73.4 cm³/mol. The number of ether oxygens (including phenoxy) is 1. The molecule has 1 unspecified atom stereocenters. The van der Waals surface area contributed by atoms with E-state index < -0.39 is 0 Å². The summed E-state index contributed by atoms with van der Waals surface area (Å²) in [5, 5.41) is 3.57. The first-order chi connectivity index (χ1) is 8.74. The SMILES string of the molecule is CCCNC(c1cncnc1)C(CC)(CC)OC. The minimum absolute atomic E-state index is 0.138. The van der Waals surface area contributed by atoms with E-state index >= 15 is 0 Å². The lowest BCUT2D eigenvalue weighted by molar-refractivity contribution is -0.0487. The molecule has 0 aliphatic heterocycles. The van der Waals surface area contributed by atoms with E-state index in [2.05, 4.69) is 36.1 Å². The molecule has 1 rings (SSSR count). The second-order valence-corrected chi connectivity index (χ2v) is 4.53. The van der Waals surface area contributed by atoms with E-state index in [9.17, 15) is 0 Å². The first kappa shape index (κ1) is 15.1. The van der Waals surface area contributed by atoms with Gasteiger partial charge in [0.05, 0.1) is 11.6 Å². The van der Waals surface area contributed by atoms with E-state index in [1.807, 2.05) is 12.4 Å². The van der Waals surface area contributed by atoms with Crippen molar-refractivity contribution in [2.75, 3.05) is 13.7 Å². The van der Waals surface area contributed by atoms with Crippen molar-refractivity contribution in [3.8, 4) is 0 Å². The number of methoxy groups -OCH3 is 1. The molecule has 1 N–H and O–H groups in total. The van der Waals surface area contributed by atoms with Gasteiger partial charge in [0.1, 0.15) is 6.33 Å². The van der Waals surface area contributed by atoms with E-state index in [0.29, 0.717) is 0 Å². The third-order valence-electron chi connectivity index (χ3n) is 3.64. The van der Waals surface area contributed by atoms with Gasteiger partial charge in [0.25, 0.3) is 0 Å². The number of nitrogens with zero attached hydrogens (tertiary/aromatic N) is 2. The van der Waals surface area contributed by atoms with Gasteiger partial charge in [-0.1, -0.05) is 20.8 Å². The average Bonchev–Trinajstić information content (AvgIpc) is 2.45. The lowest BCUT2D eigenvalue weighted by atomic mass is 9.84. The Balaban J connectivity index is 3.03. The molecule has 4 heteroatoms. The van der Waals surface area contributed by atoms with E-state index in [-0.39, 0.29) is 11.6 Å². The van der Waals surface area contributed by atoms with Gasteiger partial charge in [0.2, 0.25) is 0 Å². The molecule has 1 atom stereocenters. The van der Waals surface area contributed by atoms with Crippen molar-refractivity contribution in [3.05, 3.63) is 24.3 Å². The molecule has 4 nitrogen and oxygen atoms in total. The molecule has 0 aliphatic rings. The number of aromatic nitrogens is 2. The maximum atomic E-state index is 5.83. The molecule has 0 radical (unpaired) electrons. The van der Waals surface area contributed by atoms with Crippen LogP contribution < -0.4 is 5.32 Å². The number of nitrogens with one attached hydrogen (secondary N) is 1. The van der Waals surface area contributed by atoms with Gasteiger partial charge in [-0.05, 0) is 25.8 Å². The zero-order valence-corrected chi connectivity index (χ0v) is 11.9. The smallest absolute Gasteiger partial charge is 0.115 e. The molecule has 0 fully saturated rings. The average molecular weight is 251 g/mol. The molecule has 0 aliphatic carbocycles. The van der Waals surface area contributed by atoms with Crippen LogP contribution in [0.25, 0.3) is 0 Å². The molecule has 0 aromatic carbocycles. The van der Waals surface area contributed by atoms with Crippen LogP contribution in [0.4, 0.5) is 0 Å². The summed E-state index contributed by atoms with van der Waals surface area (Å²) in [5.41, 5.74) is 0.899. The Kier molecular flexibility index (Phi) is 6.22. The van der Waals surface area contributed by atoms with Crippen LogP contribution in [-0.2, 0) is 4.74 Å². The van der Waals surface area contributed by atoms with Crippen LogP contribution in [0.2, 0.25) is 0 Å². The zero-order chi connectivity index (χ0) is 13.4. The highest BCUT2D eigenvalue weighted by atomic mass is 16.5. The highest BCUT2D eigenvalue weighted by molar-refractivity contribution is 5.15. The summed E-state index contributed by atoms with van der Waals surface area (Å²) in [4.78, 5) is 8.25. The fourth-order valence-electron chi connectivity index (χ4n) is 2.42. The van der Waals surface area contributed by atoms with Crippen LogP contribution >= 0.6 is 0 Å². The molecule has 0 bridgehead atoms. The maximum Gasteiger partial charge on any atom is 0.115 e. The Morgan fingerprint density at radius 2 is 1.83 bits per heavy atom. The first-order valence-electron chi connectivity index (χ1n) is 6.77. The highest BCUT2D eigenvalue weighted by Crippen LogP contribution is 2.34. The summed E-state index contributed by atoms with van der Waals surface area (Å²) < 4.78 is 5.83. The van der Waals surface area contributed by atoms with Crippen molar-refractivity contribution < 1.29 is 4.74 Å². The summed E-state index contributed by atoms with van der Waals surface area (Å²) in [6.07, 6.45) is 8.32. The molecule has 0 amide bonds. The molecular formula is C14H25N3O. The zero-order valence-electron chi connectivity index (χ0n) is 11.9. The molecule has 1 aromatic heterocycles. The number of rotatable bonds is 8. The third kappa shape index (κ3) is 3.27. The highest BCUT2D eigenvalue weighted by Gasteiger charge is 2.36. The Morgan fingerprint density at radius 1 is 1.22 bits per heavy atom. The molecule has 102 valence electrons. The molecular weight excluding hydrogens is 226 g/mol. The van der Waals surface area contributed by atoms with Crippen LogP contribution in [0.1, 0.15) is 51.6 Å². The molecule has 1 aromatic rings. The summed E-state index contributed by atoms with van der Waals surface area (Å²) in [6, 6.07) is 0.138. The van der Waals surface area contributed by atoms with E-state index in [0.717, 1.165) is 31.4 Å². The monoisotopic (exact) mass is 251 g/mol. The molecule has 0 spiro atoms. The Hall–Kier alpha value is -1.00. The van der Waals surface area contributed by atoms with Crippen molar-refractivity contribution in [2.24, 2.45) is 0 Å².